The lowest BCUT2D eigenvalue weighted by atomic mass is 9.94. The second-order valence-corrected chi connectivity index (χ2v) is 11.5. The van der Waals surface area contributed by atoms with Crippen molar-refractivity contribution in [2.24, 2.45) is 7.05 Å². The predicted octanol–water partition coefficient (Wildman–Crippen LogP) is 5.89. The first-order chi connectivity index (χ1) is 19.6. The third-order valence-electron chi connectivity index (χ3n) is 6.20. The summed E-state index contributed by atoms with van der Waals surface area (Å²) >= 11 is 0. The number of hydrogen-bond acceptors (Lipinski definition) is 6. The molecule has 0 aliphatic heterocycles. The molecule has 10 heteroatoms. The average Bonchev–Trinajstić information content (AvgIpc) is 3.20. The normalized spacial score (nSPS) is 12.4. The SMILES string of the molecule is CNc1nn(C)c2c(-c3ccc(C#CC(C)(C)O)nc3C(Cc3cc(F)cc(F)c3)NC(=O)OC(C)(C)C)cccc12. The number of halogens is 2. The van der Waals surface area contributed by atoms with Crippen LogP contribution in [0.1, 0.15) is 57.6 Å². The number of hydrogen-bond donors (Lipinski definition) is 3. The van der Waals surface area contributed by atoms with Gasteiger partial charge in [0.15, 0.2) is 5.82 Å². The Morgan fingerprint density at radius 1 is 1.07 bits per heavy atom. The molecule has 0 radical (unpaired) electrons. The standard InChI is InChI=1S/C32H35F2N5O3/c1-31(2,3)42-30(40)37-26(17-19-15-20(33)18-21(34)16-19)27-23(12-11-22(36-27)13-14-32(4,5)41)24-9-8-10-25-28(24)39(7)38-29(25)35-6/h8-12,15-16,18,26,41H,17H2,1-7H3,(H,35,38)(H,37,40). The van der Waals surface area contributed by atoms with E-state index < -0.39 is 35.0 Å². The zero-order valence-electron chi connectivity index (χ0n) is 24.8. The zero-order chi connectivity index (χ0) is 30.8. The fourth-order valence-corrected chi connectivity index (χ4v) is 4.62. The van der Waals surface area contributed by atoms with Crippen molar-refractivity contribution in [1.82, 2.24) is 20.1 Å². The van der Waals surface area contributed by atoms with Gasteiger partial charge in [-0.05, 0) is 82.9 Å². The van der Waals surface area contributed by atoms with E-state index in [4.69, 9.17) is 9.72 Å². The monoisotopic (exact) mass is 575 g/mol. The number of aliphatic hydroxyl groups is 1. The van der Waals surface area contributed by atoms with Crippen LogP contribution in [0.15, 0.2) is 48.5 Å². The first-order valence-electron chi connectivity index (χ1n) is 13.5. The summed E-state index contributed by atoms with van der Waals surface area (Å²) in [5.41, 5.74) is 1.22. The molecule has 0 aliphatic carbocycles. The van der Waals surface area contributed by atoms with Crippen molar-refractivity contribution in [3.8, 4) is 23.0 Å². The van der Waals surface area contributed by atoms with Gasteiger partial charge < -0.3 is 20.5 Å². The Balaban J connectivity index is 1.96. The molecule has 8 nitrogen and oxygen atoms in total. The largest absolute Gasteiger partial charge is 0.444 e. The molecular formula is C32H35F2N5O3. The van der Waals surface area contributed by atoms with E-state index >= 15 is 0 Å². The maximum Gasteiger partial charge on any atom is 0.408 e. The van der Waals surface area contributed by atoms with Crippen LogP contribution < -0.4 is 10.6 Å². The fourth-order valence-electron chi connectivity index (χ4n) is 4.62. The molecule has 2 aromatic carbocycles. The Hall–Kier alpha value is -4.49. The molecule has 42 heavy (non-hydrogen) atoms. The summed E-state index contributed by atoms with van der Waals surface area (Å²) < 4.78 is 35.7. The fraction of sp³-hybridized carbons (Fsp3) is 0.344. The van der Waals surface area contributed by atoms with Gasteiger partial charge >= 0.3 is 6.09 Å². The molecule has 0 saturated carbocycles. The molecule has 0 spiro atoms. The van der Waals surface area contributed by atoms with Gasteiger partial charge in [-0.25, -0.2) is 18.6 Å². The minimum Gasteiger partial charge on any atom is -0.444 e. The van der Waals surface area contributed by atoms with E-state index in [2.05, 4.69) is 27.6 Å². The Morgan fingerprint density at radius 2 is 1.76 bits per heavy atom. The van der Waals surface area contributed by atoms with Crippen LogP contribution in [0, 0.1) is 23.5 Å². The smallest absolute Gasteiger partial charge is 0.408 e. The third kappa shape index (κ3) is 7.42. The highest BCUT2D eigenvalue weighted by molar-refractivity contribution is 6.00. The molecule has 0 bridgehead atoms. The quantitative estimate of drug-likeness (QED) is 0.248. The number of nitrogens with one attached hydrogen (secondary N) is 2. The van der Waals surface area contributed by atoms with Gasteiger partial charge in [0.1, 0.15) is 28.5 Å². The van der Waals surface area contributed by atoms with Crippen LogP contribution in [0.5, 0.6) is 0 Å². The second kappa shape index (κ2) is 11.8. The highest BCUT2D eigenvalue weighted by Crippen LogP contribution is 2.36. The van der Waals surface area contributed by atoms with Crippen LogP contribution in [0.25, 0.3) is 22.0 Å². The van der Waals surface area contributed by atoms with Crippen molar-refractivity contribution < 1.29 is 23.4 Å². The van der Waals surface area contributed by atoms with E-state index in [1.54, 1.807) is 52.4 Å². The van der Waals surface area contributed by atoms with Crippen LogP contribution >= 0.6 is 0 Å². The van der Waals surface area contributed by atoms with E-state index in [0.717, 1.165) is 22.5 Å². The molecule has 4 rings (SSSR count). The third-order valence-corrected chi connectivity index (χ3v) is 6.20. The Bertz CT molecular complexity index is 1670. The lowest BCUT2D eigenvalue weighted by Crippen LogP contribution is -2.36. The number of alkyl carbamates (subject to hydrolysis) is 1. The minimum absolute atomic E-state index is 0.000569. The van der Waals surface area contributed by atoms with Crippen molar-refractivity contribution >= 4 is 22.8 Å². The van der Waals surface area contributed by atoms with Gasteiger partial charge in [-0.2, -0.15) is 5.10 Å². The highest BCUT2D eigenvalue weighted by atomic mass is 19.1. The number of nitrogens with zero attached hydrogens (tertiary/aromatic N) is 3. The van der Waals surface area contributed by atoms with Crippen LogP contribution in [-0.2, 0) is 18.2 Å². The number of aryl methyl sites for hydroxylation is 1. The molecule has 1 unspecified atom stereocenters. The van der Waals surface area contributed by atoms with Crippen LogP contribution in [0.3, 0.4) is 0 Å². The maximum atomic E-state index is 14.2. The van der Waals surface area contributed by atoms with Crippen LogP contribution in [0.4, 0.5) is 19.4 Å². The van der Waals surface area contributed by atoms with E-state index in [1.807, 2.05) is 31.3 Å². The summed E-state index contributed by atoms with van der Waals surface area (Å²) in [7, 11) is 3.62. The highest BCUT2D eigenvalue weighted by Gasteiger charge is 2.26. The van der Waals surface area contributed by atoms with Gasteiger partial charge in [0.25, 0.3) is 0 Å². The van der Waals surface area contributed by atoms with Crippen LogP contribution in [-0.4, -0.2) is 44.2 Å². The molecule has 3 N–H and O–H groups in total. The van der Waals surface area contributed by atoms with Crippen molar-refractivity contribution in [2.45, 2.75) is 58.3 Å². The number of fused-ring (bicyclic) bond motifs is 1. The lowest BCUT2D eigenvalue weighted by molar-refractivity contribution is 0.0502. The lowest BCUT2D eigenvalue weighted by Gasteiger charge is -2.25. The number of ether oxygens (including phenoxy) is 1. The second-order valence-electron chi connectivity index (χ2n) is 11.5. The number of pyridine rings is 1. The zero-order valence-corrected chi connectivity index (χ0v) is 24.8. The van der Waals surface area contributed by atoms with E-state index in [1.165, 1.54) is 12.1 Å². The van der Waals surface area contributed by atoms with E-state index in [-0.39, 0.29) is 6.42 Å². The molecule has 4 aromatic rings. The molecule has 220 valence electrons. The summed E-state index contributed by atoms with van der Waals surface area (Å²) in [6.07, 6.45) is -0.722. The van der Waals surface area contributed by atoms with Crippen molar-refractivity contribution in [3.63, 3.8) is 0 Å². The summed E-state index contributed by atoms with van der Waals surface area (Å²) in [6.45, 7) is 8.33. The number of carbonyl (C=O) groups is 1. The number of aromatic nitrogens is 3. The molecule has 0 saturated heterocycles. The minimum atomic E-state index is -1.27. The van der Waals surface area contributed by atoms with Gasteiger partial charge in [-0.3, -0.25) is 4.68 Å². The van der Waals surface area contributed by atoms with E-state index in [9.17, 15) is 18.7 Å². The molecule has 0 fully saturated rings. The van der Waals surface area contributed by atoms with Gasteiger partial charge in [0, 0.05) is 36.7 Å². The number of para-hydroxylation sites is 1. The number of benzene rings is 2. The van der Waals surface area contributed by atoms with Crippen molar-refractivity contribution in [1.29, 1.82) is 0 Å². The number of anilines is 1. The van der Waals surface area contributed by atoms with Gasteiger partial charge in [0.2, 0.25) is 0 Å². The molecule has 2 aromatic heterocycles. The summed E-state index contributed by atoms with van der Waals surface area (Å²) in [6, 6.07) is 11.6. The summed E-state index contributed by atoms with van der Waals surface area (Å²) in [5.74, 6) is 4.87. The Kier molecular flexibility index (Phi) is 8.55. The number of carbonyl (C=O) groups excluding carboxylic acids is 1. The van der Waals surface area contributed by atoms with Gasteiger partial charge in [-0.1, -0.05) is 18.1 Å². The molecular weight excluding hydrogens is 540 g/mol. The number of rotatable bonds is 6. The molecule has 0 aliphatic rings. The maximum absolute atomic E-state index is 14.2. The average molecular weight is 576 g/mol. The van der Waals surface area contributed by atoms with Crippen molar-refractivity contribution in [3.05, 3.63) is 77.1 Å². The summed E-state index contributed by atoms with van der Waals surface area (Å²) in [4.78, 5) is 17.9. The van der Waals surface area contributed by atoms with E-state index in [0.29, 0.717) is 28.3 Å². The first kappa shape index (κ1) is 30.5. The number of amides is 1. The molecule has 1 atom stereocenters. The Labute approximate surface area is 244 Å². The predicted molar refractivity (Wildman–Crippen MR) is 159 cm³/mol. The summed E-state index contributed by atoms with van der Waals surface area (Å²) in [5, 5.41) is 21.6. The van der Waals surface area contributed by atoms with Crippen molar-refractivity contribution in [2.75, 3.05) is 12.4 Å². The Morgan fingerprint density at radius 3 is 2.38 bits per heavy atom. The van der Waals surface area contributed by atoms with Crippen LogP contribution in [0.2, 0.25) is 0 Å². The molecule has 1 amide bonds. The van der Waals surface area contributed by atoms with Gasteiger partial charge in [0.05, 0.1) is 17.3 Å². The molecule has 2 heterocycles. The first-order valence-corrected chi connectivity index (χ1v) is 13.5. The topological polar surface area (TPSA) is 101 Å². The van der Waals surface area contributed by atoms with Gasteiger partial charge in [-0.15, -0.1) is 0 Å².